The number of aliphatic hydroxyl groups is 1. The van der Waals surface area contributed by atoms with Gasteiger partial charge in [0.05, 0.1) is 18.3 Å². The van der Waals surface area contributed by atoms with E-state index in [0.717, 1.165) is 24.3 Å². The van der Waals surface area contributed by atoms with Crippen LogP contribution in [-0.2, 0) is 6.42 Å². The van der Waals surface area contributed by atoms with Gasteiger partial charge in [-0.25, -0.2) is 4.98 Å². The maximum atomic E-state index is 10.4. The lowest BCUT2D eigenvalue weighted by atomic mass is 10.1. The van der Waals surface area contributed by atoms with Gasteiger partial charge in [-0.05, 0) is 42.8 Å². The van der Waals surface area contributed by atoms with Crippen LogP contribution in [0.25, 0.3) is 5.65 Å². The minimum atomic E-state index is -0.787. The molecule has 0 radical (unpaired) electrons. The first-order chi connectivity index (χ1) is 13.5. The molecule has 156 valence electrons. The number of guanidine groups is 1. The molecule has 3 rings (SSSR count). The second-order valence-electron chi connectivity index (χ2n) is 6.31. The van der Waals surface area contributed by atoms with E-state index in [1.54, 1.807) is 18.2 Å². The van der Waals surface area contributed by atoms with Gasteiger partial charge < -0.3 is 20.1 Å². The summed E-state index contributed by atoms with van der Waals surface area (Å²) < 4.78 is 2.00. The highest BCUT2D eigenvalue weighted by Gasteiger charge is 2.10. The van der Waals surface area contributed by atoms with Crippen molar-refractivity contribution in [2.75, 3.05) is 19.6 Å². The molecule has 29 heavy (non-hydrogen) atoms. The third-order valence-electron chi connectivity index (χ3n) is 4.12. The van der Waals surface area contributed by atoms with Crippen molar-refractivity contribution in [2.45, 2.75) is 19.4 Å². The highest BCUT2D eigenvalue weighted by molar-refractivity contribution is 14.0. The molecule has 2 heterocycles. The molecule has 0 bridgehead atoms. The molecule has 1 aromatic carbocycles. The van der Waals surface area contributed by atoms with E-state index in [-0.39, 0.29) is 30.5 Å². The Morgan fingerprint density at radius 1 is 1.21 bits per heavy atom. The van der Waals surface area contributed by atoms with E-state index in [2.05, 4.69) is 20.6 Å². The number of aliphatic hydroxyl groups excluding tert-OH is 1. The molecule has 2 aromatic heterocycles. The van der Waals surface area contributed by atoms with E-state index in [0.29, 0.717) is 28.1 Å². The van der Waals surface area contributed by atoms with Gasteiger partial charge in [0.1, 0.15) is 5.65 Å². The number of rotatable bonds is 7. The Kier molecular flexibility index (Phi) is 9.48. The van der Waals surface area contributed by atoms with Crippen LogP contribution in [0, 0.1) is 0 Å². The SMILES string of the molecule is CCNC(=NCC(O)c1cc(Cl)cc(Cl)c1)NCCc1cn2ccccc2n1.I. The number of nitrogens with zero attached hydrogens (tertiary/aromatic N) is 3. The van der Waals surface area contributed by atoms with Crippen LogP contribution in [-0.4, -0.2) is 40.1 Å². The molecule has 9 heteroatoms. The summed E-state index contributed by atoms with van der Waals surface area (Å²) in [6.07, 6.45) is 3.98. The zero-order chi connectivity index (χ0) is 19.9. The van der Waals surface area contributed by atoms with Crippen molar-refractivity contribution >= 4 is 58.8 Å². The second-order valence-corrected chi connectivity index (χ2v) is 7.19. The van der Waals surface area contributed by atoms with Gasteiger partial charge in [0.15, 0.2) is 5.96 Å². The lowest BCUT2D eigenvalue weighted by molar-refractivity contribution is 0.187. The van der Waals surface area contributed by atoms with Crippen LogP contribution in [0.3, 0.4) is 0 Å². The molecule has 1 unspecified atom stereocenters. The van der Waals surface area contributed by atoms with Crippen molar-refractivity contribution in [1.82, 2.24) is 20.0 Å². The van der Waals surface area contributed by atoms with Gasteiger partial charge in [-0.3, -0.25) is 4.99 Å². The smallest absolute Gasteiger partial charge is 0.191 e. The van der Waals surface area contributed by atoms with Gasteiger partial charge in [-0.1, -0.05) is 29.3 Å². The van der Waals surface area contributed by atoms with Crippen LogP contribution in [0.5, 0.6) is 0 Å². The fraction of sp³-hybridized carbons (Fsp3) is 0.300. The number of hydrogen-bond donors (Lipinski definition) is 3. The summed E-state index contributed by atoms with van der Waals surface area (Å²) in [6.45, 7) is 3.58. The van der Waals surface area contributed by atoms with Crippen molar-refractivity contribution in [3.63, 3.8) is 0 Å². The molecular formula is C20H24Cl2IN5O. The Morgan fingerprint density at radius 3 is 2.66 bits per heavy atom. The number of pyridine rings is 1. The summed E-state index contributed by atoms with van der Waals surface area (Å²) in [5.74, 6) is 0.637. The van der Waals surface area contributed by atoms with E-state index in [9.17, 15) is 5.11 Å². The lowest BCUT2D eigenvalue weighted by Crippen LogP contribution is -2.38. The molecule has 0 aliphatic heterocycles. The van der Waals surface area contributed by atoms with E-state index in [1.807, 2.05) is 41.9 Å². The fourth-order valence-corrected chi connectivity index (χ4v) is 3.35. The largest absolute Gasteiger partial charge is 0.386 e. The molecule has 3 N–H and O–H groups in total. The highest BCUT2D eigenvalue weighted by atomic mass is 127. The summed E-state index contributed by atoms with van der Waals surface area (Å²) in [6, 6.07) is 10.9. The molecule has 0 aliphatic carbocycles. The van der Waals surface area contributed by atoms with Crippen LogP contribution >= 0.6 is 47.2 Å². The van der Waals surface area contributed by atoms with Crippen molar-refractivity contribution in [2.24, 2.45) is 4.99 Å². The van der Waals surface area contributed by atoms with Gasteiger partial charge in [-0.15, -0.1) is 24.0 Å². The normalized spacial score (nSPS) is 12.5. The molecule has 1 atom stereocenters. The number of halogens is 3. The number of aliphatic imine (C=N–C) groups is 1. The number of hydrogen-bond acceptors (Lipinski definition) is 3. The molecule has 0 spiro atoms. The molecule has 0 saturated heterocycles. The fourth-order valence-electron chi connectivity index (χ4n) is 2.81. The van der Waals surface area contributed by atoms with E-state index in [1.165, 1.54) is 0 Å². The maximum Gasteiger partial charge on any atom is 0.191 e. The molecule has 0 fully saturated rings. The number of nitrogens with one attached hydrogen (secondary N) is 2. The van der Waals surface area contributed by atoms with Gasteiger partial charge in [0.2, 0.25) is 0 Å². The van der Waals surface area contributed by atoms with Crippen molar-refractivity contribution in [3.05, 3.63) is 70.1 Å². The van der Waals surface area contributed by atoms with Crippen LogP contribution in [0.1, 0.15) is 24.3 Å². The number of benzene rings is 1. The zero-order valence-corrected chi connectivity index (χ0v) is 19.8. The molecule has 0 aliphatic rings. The van der Waals surface area contributed by atoms with Crippen molar-refractivity contribution < 1.29 is 5.11 Å². The van der Waals surface area contributed by atoms with Crippen LogP contribution in [0.15, 0.2) is 53.8 Å². The Hall–Kier alpha value is -1.55. The second kappa shape index (κ2) is 11.6. The maximum absolute atomic E-state index is 10.4. The number of fused-ring (bicyclic) bond motifs is 1. The van der Waals surface area contributed by atoms with Crippen LogP contribution < -0.4 is 10.6 Å². The first-order valence-corrected chi connectivity index (χ1v) is 9.89. The average Bonchev–Trinajstić information content (AvgIpc) is 3.07. The highest BCUT2D eigenvalue weighted by Crippen LogP contribution is 2.23. The first-order valence-electron chi connectivity index (χ1n) is 9.14. The van der Waals surface area contributed by atoms with Gasteiger partial charge in [0.25, 0.3) is 0 Å². The van der Waals surface area contributed by atoms with E-state index >= 15 is 0 Å². The monoisotopic (exact) mass is 547 g/mol. The summed E-state index contributed by atoms with van der Waals surface area (Å²) in [5.41, 5.74) is 2.58. The third-order valence-corrected chi connectivity index (χ3v) is 4.56. The average molecular weight is 548 g/mol. The topological polar surface area (TPSA) is 74.0 Å². The van der Waals surface area contributed by atoms with Crippen LogP contribution in [0.2, 0.25) is 10.0 Å². The minimum absolute atomic E-state index is 0. The summed E-state index contributed by atoms with van der Waals surface area (Å²) in [7, 11) is 0. The Balaban J connectivity index is 0.00000300. The molecular weight excluding hydrogens is 524 g/mol. The number of imidazole rings is 1. The molecule has 6 nitrogen and oxygen atoms in total. The summed E-state index contributed by atoms with van der Waals surface area (Å²) in [4.78, 5) is 9.04. The molecule has 0 amide bonds. The Labute approximate surface area is 197 Å². The Morgan fingerprint density at radius 2 is 1.97 bits per heavy atom. The minimum Gasteiger partial charge on any atom is -0.386 e. The molecule has 3 aromatic rings. The van der Waals surface area contributed by atoms with Crippen molar-refractivity contribution in [1.29, 1.82) is 0 Å². The standard InChI is InChI=1S/C20H23Cl2N5O.HI/c1-2-23-20(25-12-18(28)14-9-15(21)11-16(22)10-14)24-7-6-17-13-27-8-4-3-5-19(27)26-17;/h3-5,8-11,13,18,28H,2,6-7,12H2,1H3,(H2,23,24,25);1H. The predicted octanol–water partition coefficient (Wildman–Crippen LogP) is 4.09. The molecule has 0 saturated carbocycles. The number of aromatic nitrogens is 2. The summed E-state index contributed by atoms with van der Waals surface area (Å²) >= 11 is 12.0. The van der Waals surface area contributed by atoms with Crippen molar-refractivity contribution in [3.8, 4) is 0 Å². The summed E-state index contributed by atoms with van der Waals surface area (Å²) in [5, 5.41) is 17.8. The van der Waals surface area contributed by atoms with Crippen LogP contribution in [0.4, 0.5) is 0 Å². The van der Waals surface area contributed by atoms with E-state index in [4.69, 9.17) is 23.2 Å². The van der Waals surface area contributed by atoms with E-state index < -0.39 is 6.10 Å². The van der Waals surface area contributed by atoms with Gasteiger partial charge >= 0.3 is 0 Å². The first kappa shape index (κ1) is 23.7. The quantitative estimate of drug-likeness (QED) is 0.237. The van der Waals surface area contributed by atoms with Gasteiger partial charge in [-0.2, -0.15) is 0 Å². The predicted molar refractivity (Wildman–Crippen MR) is 130 cm³/mol. The Bertz CT molecular complexity index is 910. The zero-order valence-electron chi connectivity index (χ0n) is 16.0. The van der Waals surface area contributed by atoms with Gasteiger partial charge in [0, 0.05) is 41.9 Å². The third kappa shape index (κ3) is 7.02. The lowest BCUT2D eigenvalue weighted by Gasteiger charge is -2.13.